The van der Waals surface area contributed by atoms with E-state index in [0.717, 1.165) is 22.3 Å². The number of rotatable bonds is 3. The molecule has 0 saturated heterocycles. The molecule has 0 amide bonds. The number of aryl methyl sites for hydroxylation is 3. The predicted molar refractivity (Wildman–Crippen MR) is 80.6 cm³/mol. The highest BCUT2D eigenvalue weighted by atomic mass is 16.5. The highest BCUT2D eigenvalue weighted by molar-refractivity contribution is 5.95. The molecule has 104 valence electrons. The molecular weight excluding hydrogens is 250 g/mol. The summed E-state index contributed by atoms with van der Waals surface area (Å²) in [5, 5.41) is 0. The van der Waals surface area contributed by atoms with Gasteiger partial charge in [-0.25, -0.2) is 4.79 Å². The third-order valence-electron chi connectivity index (χ3n) is 3.42. The minimum Gasteiger partial charge on any atom is -0.457 e. The standard InChI is InChI=1S/C17H19NO2/c1-11-7-8-16(18)14(9-11)17(19)20-10-15-12(2)5-4-6-13(15)3/h4-9H,10,18H2,1-3H3. The third kappa shape index (κ3) is 2.99. The van der Waals surface area contributed by atoms with Gasteiger partial charge >= 0.3 is 5.97 Å². The second-order valence-electron chi connectivity index (χ2n) is 5.04. The molecule has 2 N–H and O–H groups in total. The fraction of sp³-hybridized carbons (Fsp3) is 0.235. The first-order chi connectivity index (χ1) is 9.49. The molecule has 2 rings (SSSR count). The first kappa shape index (κ1) is 14.1. The predicted octanol–water partition coefficient (Wildman–Crippen LogP) is 3.55. The summed E-state index contributed by atoms with van der Waals surface area (Å²) < 4.78 is 5.39. The van der Waals surface area contributed by atoms with Crippen molar-refractivity contribution in [3.8, 4) is 0 Å². The van der Waals surface area contributed by atoms with Crippen LogP contribution in [0.15, 0.2) is 36.4 Å². The lowest BCUT2D eigenvalue weighted by Gasteiger charge is -2.11. The molecule has 0 aromatic heterocycles. The Morgan fingerprint density at radius 3 is 2.40 bits per heavy atom. The smallest absolute Gasteiger partial charge is 0.340 e. The Kier molecular flexibility index (Phi) is 4.08. The number of nitrogens with two attached hydrogens (primary N) is 1. The van der Waals surface area contributed by atoms with Crippen LogP contribution in [0.5, 0.6) is 0 Å². The van der Waals surface area contributed by atoms with Gasteiger partial charge in [0.1, 0.15) is 6.61 Å². The first-order valence-electron chi connectivity index (χ1n) is 6.57. The highest BCUT2D eigenvalue weighted by Gasteiger charge is 2.12. The molecule has 2 aromatic rings. The van der Waals surface area contributed by atoms with Crippen molar-refractivity contribution in [2.45, 2.75) is 27.4 Å². The van der Waals surface area contributed by atoms with E-state index in [4.69, 9.17) is 10.5 Å². The first-order valence-corrected chi connectivity index (χ1v) is 6.57. The zero-order valence-electron chi connectivity index (χ0n) is 12.1. The second-order valence-corrected chi connectivity index (χ2v) is 5.04. The number of anilines is 1. The number of carbonyl (C=O) groups excluding carboxylic acids is 1. The van der Waals surface area contributed by atoms with Crippen LogP contribution in [0.3, 0.4) is 0 Å². The summed E-state index contributed by atoms with van der Waals surface area (Å²) >= 11 is 0. The molecule has 0 atom stereocenters. The van der Waals surface area contributed by atoms with Crippen molar-refractivity contribution in [3.63, 3.8) is 0 Å². The van der Waals surface area contributed by atoms with Gasteiger partial charge in [0, 0.05) is 5.69 Å². The topological polar surface area (TPSA) is 52.3 Å². The zero-order chi connectivity index (χ0) is 14.7. The van der Waals surface area contributed by atoms with Crippen LogP contribution in [-0.2, 0) is 11.3 Å². The van der Waals surface area contributed by atoms with Gasteiger partial charge < -0.3 is 10.5 Å². The summed E-state index contributed by atoms with van der Waals surface area (Å²) in [5.41, 5.74) is 11.0. The van der Waals surface area contributed by atoms with Crippen LogP contribution in [-0.4, -0.2) is 5.97 Å². The summed E-state index contributed by atoms with van der Waals surface area (Å²) in [4.78, 5) is 12.1. The van der Waals surface area contributed by atoms with E-state index < -0.39 is 0 Å². The van der Waals surface area contributed by atoms with Crippen LogP contribution >= 0.6 is 0 Å². The molecule has 3 nitrogen and oxygen atoms in total. The number of benzene rings is 2. The molecule has 0 fully saturated rings. The molecule has 0 aliphatic carbocycles. The minimum absolute atomic E-state index is 0.269. The van der Waals surface area contributed by atoms with Crippen molar-refractivity contribution < 1.29 is 9.53 Å². The van der Waals surface area contributed by atoms with E-state index in [0.29, 0.717) is 11.3 Å². The SMILES string of the molecule is Cc1ccc(N)c(C(=O)OCc2c(C)cccc2C)c1. The average Bonchev–Trinajstić information content (AvgIpc) is 2.40. The van der Waals surface area contributed by atoms with E-state index in [2.05, 4.69) is 0 Å². The molecule has 0 heterocycles. The highest BCUT2D eigenvalue weighted by Crippen LogP contribution is 2.18. The monoisotopic (exact) mass is 269 g/mol. The van der Waals surface area contributed by atoms with Gasteiger partial charge in [-0.1, -0.05) is 29.8 Å². The summed E-state index contributed by atoms with van der Waals surface area (Å²) in [7, 11) is 0. The van der Waals surface area contributed by atoms with Gasteiger partial charge in [-0.05, 0) is 49.6 Å². The van der Waals surface area contributed by atoms with E-state index >= 15 is 0 Å². The van der Waals surface area contributed by atoms with Crippen molar-refractivity contribution >= 4 is 11.7 Å². The molecule has 0 aliphatic rings. The lowest BCUT2D eigenvalue weighted by atomic mass is 10.0. The molecule has 0 saturated carbocycles. The average molecular weight is 269 g/mol. The molecule has 0 radical (unpaired) electrons. The van der Waals surface area contributed by atoms with Crippen LogP contribution in [0, 0.1) is 20.8 Å². The molecule has 20 heavy (non-hydrogen) atoms. The van der Waals surface area contributed by atoms with Crippen LogP contribution in [0.2, 0.25) is 0 Å². The zero-order valence-corrected chi connectivity index (χ0v) is 12.1. The molecular formula is C17H19NO2. The molecule has 2 aromatic carbocycles. The van der Waals surface area contributed by atoms with Crippen molar-refractivity contribution in [2.24, 2.45) is 0 Å². The summed E-state index contributed by atoms with van der Waals surface area (Å²) in [6.07, 6.45) is 0. The number of hydrogen-bond donors (Lipinski definition) is 1. The lowest BCUT2D eigenvalue weighted by Crippen LogP contribution is -2.09. The minimum atomic E-state index is -0.381. The largest absolute Gasteiger partial charge is 0.457 e. The van der Waals surface area contributed by atoms with E-state index in [1.807, 2.05) is 45.0 Å². The number of hydrogen-bond acceptors (Lipinski definition) is 3. The molecule has 3 heteroatoms. The Labute approximate surface area is 119 Å². The Hall–Kier alpha value is -2.29. The Morgan fingerprint density at radius 1 is 1.10 bits per heavy atom. The van der Waals surface area contributed by atoms with Gasteiger partial charge in [0.25, 0.3) is 0 Å². The van der Waals surface area contributed by atoms with Gasteiger partial charge in [-0.2, -0.15) is 0 Å². The molecule has 0 bridgehead atoms. The molecule has 0 aliphatic heterocycles. The van der Waals surface area contributed by atoms with Gasteiger partial charge in [0.2, 0.25) is 0 Å². The van der Waals surface area contributed by atoms with Crippen molar-refractivity contribution in [2.75, 3.05) is 5.73 Å². The third-order valence-corrected chi connectivity index (χ3v) is 3.42. The molecule has 0 unspecified atom stereocenters. The number of esters is 1. The van der Waals surface area contributed by atoms with Gasteiger partial charge in [-0.15, -0.1) is 0 Å². The number of nitrogen functional groups attached to an aromatic ring is 1. The van der Waals surface area contributed by atoms with E-state index in [1.165, 1.54) is 0 Å². The maximum Gasteiger partial charge on any atom is 0.340 e. The Morgan fingerprint density at radius 2 is 1.75 bits per heavy atom. The van der Waals surface area contributed by atoms with Gasteiger partial charge in [-0.3, -0.25) is 0 Å². The fourth-order valence-corrected chi connectivity index (χ4v) is 2.14. The van der Waals surface area contributed by atoms with Crippen LogP contribution < -0.4 is 5.73 Å². The van der Waals surface area contributed by atoms with E-state index in [-0.39, 0.29) is 12.6 Å². The quantitative estimate of drug-likeness (QED) is 0.684. The Bertz CT molecular complexity index is 627. The van der Waals surface area contributed by atoms with Gasteiger partial charge in [0.05, 0.1) is 5.56 Å². The number of ether oxygens (including phenoxy) is 1. The Balaban J connectivity index is 2.15. The van der Waals surface area contributed by atoms with Crippen molar-refractivity contribution in [1.29, 1.82) is 0 Å². The second kappa shape index (κ2) is 5.78. The maximum atomic E-state index is 12.1. The molecule has 0 spiro atoms. The van der Waals surface area contributed by atoms with Crippen LogP contribution in [0.1, 0.15) is 32.6 Å². The summed E-state index contributed by atoms with van der Waals surface area (Å²) in [5.74, 6) is -0.381. The van der Waals surface area contributed by atoms with Crippen molar-refractivity contribution in [1.82, 2.24) is 0 Å². The van der Waals surface area contributed by atoms with E-state index in [9.17, 15) is 4.79 Å². The maximum absolute atomic E-state index is 12.1. The summed E-state index contributed by atoms with van der Waals surface area (Å²) in [6, 6.07) is 11.4. The van der Waals surface area contributed by atoms with Crippen molar-refractivity contribution in [3.05, 3.63) is 64.2 Å². The van der Waals surface area contributed by atoms with E-state index in [1.54, 1.807) is 12.1 Å². The summed E-state index contributed by atoms with van der Waals surface area (Å²) in [6.45, 7) is 6.21. The van der Waals surface area contributed by atoms with Crippen LogP contribution in [0.4, 0.5) is 5.69 Å². The van der Waals surface area contributed by atoms with Crippen LogP contribution in [0.25, 0.3) is 0 Å². The van der Waals surface area contributed by atoms with Gasteiger partial charge in [0.15, 0.2) is 0 Å². The number of carbonyl (C=O) groups is 1. The lowest BCUT2D eigenvalue weighted by molar-refractivity contribution is 0.0472. The normalized spacial score (nSPS) is 10.3. The fourth-order valence-electron chi connectivity index (χ4n) is 2.14.